The quantitative estimate of drug-likeness (QED) is 0.615. The molecule has 2 amide bonds. The first-order valence-electron chi connectivity index (χ1n) is 6.99. The summed E-state index contributed by atoms with van der Waals surface area (Å²) in [4.78, 5) is 37.0. The fraction of sp³-hybridized carbons (Fsp3) is 0.0625. The van der Waals surface area contributed by atoms with Gasteiger partial charge >= 0.3 is 0 Å². The molecule has 128 valence electrons. The van der Waals surface area contributed by atoms with Gasteiger partial charge in [0.2, 0.25) is 11.7 Å². The lowest BCUT2D eigenvalue weighted by Gasteiger charge is -2.22. The van der Waals surface area contributed by atoms with Gasteiger partial charge in [0, 0.05) is 5.02 Å². The molecule has 0 aromatic heterocycles. The van der Waals surface area contributed by atoms with E-state index in [-0.39, 0.29) is 15.6 Å². The molecule has 25 heavy (non-hydrogen) atoms. The minimum Gasteiger partial charge on any atom is -0.324 e. The first-order valence-corrected chi connectivity index (χ1v) is 8.96. The van der Waals surface area contributed by atoms with E-state index in [0.717, 1.165) is 0 Å². The number of hydrogen-bond donors (Lipinski definition) is 2. The minimum atomic E-state index is -1.98. The average molecular weight is 397 g/mol. The van der Waals surface area contributed by atoms with E-state index in [1.165, 1.54) is 24.3 Å². The summed E-state index contributed by atoms with van der Waals surface area (Å²) in [5.41, 5.74) is 0.517. The Bertz CT molecular complexity index is 932. The third-order valence-corrected chi connectivity index (χ3v) is 5.65. The Hall–Kier alpha value is -2.22. The van der Waals surface area contributed by atoms with Crippen molar-refractivity contribution < 1.29 is 18.6 Å². The number of para-hydroxylation sites is 1. The fourth-order valence-electron chi connectivity index (χ4n) is 2.28. The highest BCUT2D eigenvalue weighted by atomic mass is 35.5. The number of anilines is 2. The van der Waals surface area contributed by atoms with Crippen molar-refractivity contribution in [3.8, 4) is 0 Å². The van der Waals surface area contributed by atoms with Crippen LogP contribution in [0.15, 0.2) is 47.4 Å². The Morgan fingerprint density at radius 2 is 1.84 bits per heavy atom. The second kappa shape index (κ2) is 6.95. The molecule has 1 heterocycles. The van der Waals surface area contributed by atoms with Crippen molar-refractivity contribution in [3.05, 3.63) is 52.5 Å². The Morgan fingerprint density at radius 3 is 2.56 bits per heavy atom. The number of hydrogen-bond acceptors (Lipinski definition) is 4. The normalized spacial score (nSPS) is 18.9. The summed E-state index contributed by atoms with van der Waals surface area (Å²) in [6.45, 7) is 0. The van der Waals surface area contributed by atoms with Crippen LogP contribution in [0.3, 0.4) is 0 Å². The van der Waals surface area contributed by atoms with Gasteiger partial charge in [-0.3, -0.25) is 18.6 Å². The third-order valence-electron chi connectivity index (χ3n) is 3.46. The Balaban J connectivity index is 1.84. The predicted octanol–water partition coefficient (Wildman–Crippen LogP) is 2.63. The summed E-state index contributed by atoms with van der Waals surface area (Å²) in [7, 11) is -1.98. The van der Waals surface area contributed by atoms with Crippen molar-refractivity contribution in [2.75, 3.05) is 10.6 Å². The van der Waals surface area contributed by atoms with E-state index in [1.54, 1.807) is 18.2 Å². The number of amides is 2. The van der Waals surface area contributed by atoms with E-state index in [1.807, 2.05) is 0 Å². The van der Waals surface area contributed by atoms with Crippen LogP contribution in [-0.2, 0) is 25.2 Å². The summed E-state index contributed by atoms with van der Waals surface area (Å²) < 4.78 is 12.5. The van der Waals surface area contributed by atoms with Gasteiger partial charge in [0.15, 0.2) is 5.25 Å². The SMILES string of the molecule is O=C(Nc1ccc(Cl)cc1Cl)C(=O)C1C(=O)Nc2ccccc2S1=O. The average Bonchev–Trinajstić information content (AvgIpc) is 2.57. The van der Waals surface area contributed by atoms with Crippen LogP contribution in [0, 0.1) is 0 Å². The van der Waals surface area contributed by atoms with Gasteiger partial charge in [-0.2, -0.15) is 0 Å². The van der Waals surface area contributed by atoms with Crippen molar-refractivity contribution in [3.63, 3.8) is 0 Å². The molecule has 2 unspecified atom stereocenters. The van der Waals surface area contributed by atoms with Gasteiger partial charge in [-0.25, -0.2) is 0 Å². The van der Waals surface area contributed by atoms with E-state index in [9.17, 15) is 18.6 Å². The van der Waals surface area contributed by atoms with Crippen LogP contribution in [0.1, 0.15) is 0 Å². The number of halogens is 2. The Labute approximate surface area is 155 Å². The van der Waals surface area contributed by atoms with E-state index >= 15 is 0 Å². The fourth-order valence-corrected chi connectivity index (χ4v) is 4.09. The molecule has 0 fully saturated rings. The molecule has 0 radical (unpaired) electrons. The largest absolute Gasteiger partial charge is 0.324 e. The summed E-state index contributed by atoms with van der Waals surface area (Å²) in [6, 6.07) is 10.7. The molecular formula is C16H10Cl2N2O4S. The maximum Gasteiger partial charge on any atom is 0.293 e. The molecule has 2 N–H and O–H groups in total. The minimum absolute atomic E-state index is 0.133. The van der Waals surface area contributed by atoms with E-state index in [0.29, 0.717) is 10.7 Å². The smallest absolute Gasteiger partial charge is 0.293 e. The molecule has 0 spiro atoms. The number of Topliss-reactive ketones (excluding diaryl/α,β-unsaturated/α-hetero) is 1. The summed E-state index contributed by atoms with van der Waals surface area (Å²) in [5, 5.41) is 3.66. The highest BCUT2D eigenvalue weighted by Gasteiger charge is 2.41. The zero-order valence-electron chi connectivity index (χ0n) is 12.4. The zero-order chi connectivity index (χ0) is 18.1. The lowest BCUT2D eigenvalue weighted by Crippen LogP contribution is -2.46. The van der Waals surface area contributed by atoms with Gasteiger partial charge in [0.25, 0.3) is 5.91 Å². The second-order valence-corrected chi connectivity index (χ2v) is 7.46. The zero-order valence-corrected chi connectivity index (χ0v) is 14.7. The van der Waals surface area contributed by atoms with Gasteiger partial charge in [-0.15, -0.1) is 0 Å². The molecule has 0 saturated carbocycles. The lowest BCUT2D eigenvalue weighted by molar-refractivity contribution is -0.136. The van der Waals surface area contributed by atoms with Crippen LogP contribution in [0.2, 0.25) is 10.0 Å². The number of ketones is 1. The molecule has 2 aromatic rings. The molecule has 6 nitrogen and oxygen atoms in total. The van der Waals surface area contributed by atoms with Crippen molar-refractivity contribution in [1.29, 1.82) is 0 Å². The van der Waals surface area contributed by atoms with E-state index < -0.39 is 33.6 Å². The predicted molar refractivity (Wildman–Crippen MR) is 95.4 cm³/mol. The maximum atomic E-state index is 12.5. The first kappa shape index (κ1) is 17.6. The molecule has 3 rings (SSSR count). The topological polar surface area (TPSA) is 92.3 Å². The lowest BCUT2D eigenvalue weighted by atomic mass is 10.2. The third kappa shape index (κ3) is 3.44. The molecule has 0 aliphatic carbocycles. The molecule has 2 aromatic carbocycles. The van der Waals surface area contributed by atoms with Gasteiger partial charge in [0.05, 0.1) is 32.1 Å². The number of carbonyl (C=O) groups is 3. The number of nitrogens with one attached hydrogen (secondary N) is 2. The van der Waals surface area contributed by atoms with Crippen LogP contribution in [0.4, 0.5) is 11.4 Å². The van der Waals surface area contributed by atoms with Crippen molar-refractivity contribution in [1.82, 2.24) is 0 Å². The standard InChI is InChI=1S/C16H10Cl2N2O4S/c17-8-5-6-10(9(18)7-8)19-15(22)13(21)14-16(23)20-11-3-1-2-4-12(11)25(14)24/h1-7,14H,(H,19,22)(H,20,23). The monoisotopic (exact) mass is 396 g/mol. The number of benzene rings is 2. The highest BCUT2D eigenvalue weighted by molar-refractivity contribution is 7.87. The van der Waals surface area contributed by atoms with E-state index in [4.69, 9.17) is 23.2 Å². The maximum absolute atomic E-state index is 12.5. The Kier molecular flexibility index (Phi) is 4.89. The summed E-state index contributed by atoms with van der Waals surface area (Å²) >= 11 is 11.7. The molecule has 1 aliphatic rings. The van der Waals surface area contributed by atoms with Crippen LogP contribution >= 0.6 is 23.2 Å². The molecule has 0 bridgehead atoms. The summed E-state index contributed by atoms with van der Waals surface area (Å²) in [6.07, 6.45) is 0. The highest BCUT2D eigenvalue weighted by Crippen LogP contribution is 2.28. The Morgan fingerprint density at radius 1 is 1.12 bits per heavy atom. The second-order valence-electron chi connectivity index (χ2n) is 5.11. The molecule has 9 heteroatoms. The van der Waals surface area contributed by atoms with Gasteiger partial charge in [0.1, 0.15) is 0 Å². The van der Waals surface area contributed by atoms with Gasteiger partial charge in [-0.05, 0) is 30.3 Å². The number of carbonyl (C=O) groups excluding carboxylic acids is 3. The number of fused-ring (bicyclic) bond motifs is 1. The van der Waals surface area contributed by atoms with Crippen LogP contribution in [0.5, 0.6) is 0 Å². The van der Waals surface area contributed by atoms with Gasteiger partial charge < -0.3 is 10.6 Å². The molecule has 2 atom stereocenters. The molecule has 0 saturated heterocycles. The van der Waals surface area contributed by atoms with Gasteiger partial charge in [-0.1, -0.05) is 35.3 Å². The van der Waals surface area contributed by atoms with Crippen LogP contribution < -0.4 is 10.6 Å². The van der Waals surface area contributed by atoms with Crippen LogP contribution in [0.25, 0.3) is 0 Å². The molecular weight excluding hydrogens is 387 g/mol. The molecule has 1 aliphatic heterocycles. The van der Waals surface area contributed by atoms with Crippen molar-refractivity contribution in [2.24, 2.45) is 0 Å². The first-order chi connectivity index (χ1) is 11.9. The number of rotatable bonds is 3. The van der Waals surface area contributed by atoms with Crippen molar-refractivity contribution >= 4 is 63.0 Å². The van der Waals surface area contributed by atoms with Crippen molar-refractivity contribution in [2.45, 2.75) is 10.1 Å². The summed E-state index contributed by atoms with van der Waals surface area (Å²) in [5.74, 6) is -2.99. The van der Waals surface area contributed by atoms with Crippen LogP contribution in [-0.4, -0.2) is 27.1 Å². The van der Waals surface area contributed by atoms with E-state index in [2.05, 4.69) is 10.6 Å².